The minimum absolute atomic E-state index is 0.370. The van der Waals surface area contributed by atoms with Crippen LogP contribution < -0.4 is 5.32 Å². The van der Waals surface area contributed by atoms with E-state index in [1.54, 1.807) is 0 Å². The van der Waals surface area contributed by atoms with Gasteiger partial charge in [0.15, 0.2) is 0 Å². The van der Waals surface area contributed by atoms with Crippen LogP contribution in [0.25, 0.3) is 0 Å². The fraction of sp³-hybridized carbons (Fsp3) is 0.750. The van der Waals surface area contributed by atoms with Gasteiger partial charge in [0, 0.05) is 24.2 Å². The number of piperidine rings is 1. The molecule has 0 spiro atoms. The number of nitrogens with zero attached hydrogens (tertiary/aromatic N) is 3. The predicted octanol–water partition coefficient (Wildman–Crippen LogP) is 3.05. The summed E-state index contributed by atoms with van der Waals surface area (Å²) in [5, 5.41) is 3.54. The minimum atomic E-state index is 0.370. The molecule has 1 aromatic rings. The molecule has 4 nitrogen and oxygen atoms in total. The molecule has 0 aromatic carbocycles. The molecular formula is C16H28N4. The van der Waals surface area contributed by atoms with E-state index in [-0.39, 0.29) is 0 Å². The summed E-state index contributed by atoms with van der Waals surface area (Å²) in [4.78, 5) is 11.5. The van der Waals surface area contributed by atoms with Crippen LogP contribution in [0.3, 0.4) is 0 Å². The van der Waals surface area contributed by atoms with E-state index in [2.05, 4.69) is 48.0 Å². The van der Waals surface area contributed by atoms with Crippen LogP contribution in [0.15, 0.2) is 6.07 Å². The van der Waals surface area contributed by atoms with Crippen molar-refractivity contribution in [1.82, 2.24) is 14.9 Å². The smallest absolute Gasteiger partial charge is 0.133 e. The molecule has 2 rings (SSSR count). The number of nitrogens with one attached hydrogen (secondary N) is 1. The summed E-state index contributed by atoms with van der Waals surface area (Å²) >= 11 is 0. The topological polar surface area (TPSA) is 41.0 Å². The largest absolute Gasteiger partial charge is 0.369 e. The molecule has 4 heteroatoms. The molecule has 20 heavy (non-hydrogen) atoms. The van der Waals surface area contributed by atoms with Crippen LogP contribution in [0.5, 0.6) is 0 Å². The molecule has 0 aliphatic carbocycles. The number of hydrogen-bond donors (Lipinski definition) is 1. The van der Waals surface area contributed by atoms with E-state index < -0.39 is 0 Å². The first-order valence-corrected chi connectivity index (χ1v) is 7.66. The molecule has 0 unspecified atom stereocenters. The Hall–Kier alpha value is -1.16. The van der Waals surface area contributed by atoms with Crippen LogP contribution >= 0.6 is 0 Å². The molecule has 1 aliphatic heterocycles. The summed E-state index contributed by atoms with van der Waals surface area (Å²) < 4.78 is 0. The summed E-state index contributed by atoms with van der Waals surface area (Å²) in [6.07, 6.45) is 2.50. The third-order valence-corrected chi connectivity index (χ3v) is 4.28. The highest BCUT2D eigenvalue weighted by molar-refractivity contribution is 5.36. The Morgan fingerprint density at radius 2 is 1.95 bits per heavy atom. The Morgan fingerprint density at radius 1 is 1.30 bits per heavy atom. The van der Waals surface area contributed by atoms with Gasteiger partial charge in [0.25, 0.3) is 0 Å². The Labute approximate surface area is 123 Å². The number of hydrogen-bond acceptors (Lipinski definition) is 4. The molecule has 2 heterocycles. The first-order valence-electron chi connectivity index (χ1n) is 7.66. The quantitative estimate of drug-likeness (QED) is 0.917. The Morgan fingerprint density at radius 3 is 2.55 bits per heavy atom. The van der Waals surface area contributed by atoms with Gasteiger partial charge < -0.3 is 10.2 Å². The molecule has 1 aliphatic rings. The van der Waals surface area contributed by atoms with Gasteiger partial charge >= 0.3 is 0 Å². The van der Waals surface area contributed by atoms with Gasteiger partial charge in [-0.05, 0) is 45.3 Å². The van der Waals surface area contributed by atoms with Gasteiger partial charge in [0.2, 0.25) is 0 Å². The summed E-state index contributed by atoms with van der Waals surface area (Å²) in [7, 11) is 2.20. The highest BCUT2D eigenvalue weighted by Gasteiger charge is 2.28. The van der Waals surface area contributed by atoms with Gasteiger partial charge in [-0.2, -0.15) is 0 Å². The number of likely N-dealkylation sites (tertiary alicyclic amines) is 1. The second-order valence-corrected chi connectivity index (χ2v) is 6.87. The molecule has 112 valence electrons. The van der Waals surface area contributed by atoms with Gasteiger partial charge in [-0.25, -0.2) is 9.97 Å². The van der Waals surface area contributed by atoms with Crippen LogP contribution in [0.4, 0.5) is 5.82 Å². The average molecular weight is 276 g/mol. The maximum atomic E-state index is 4.63. The lowest BCUT2D eigenvalue weighted by atomic mass is 9.80. The molecule has 1 fully saturated rings. The van der Waals surface area contributed by atoms with E-state index in [9.17, 15) is 0 Å². The first-order chi connectivity index (χ1) is 9.38. The van der Waals surface area contributed by atoms with Crippen LogP contribution in [-0.2, 0) is 0 Å². The predicted molar refractivity (Wildman–Crippen MR) is 84.2 cm³/mol. The zero-order valence-corrected chi connectivity index (χ0v) is 13.5. The van der Waals surface area contributed by atoms with E-state index in [0.717, 1.165) is 23.9 Å². The average Bonchev–Trinajstić information content (AvgIpc) is 2.40. The summed E-state index contributed by atoms with van der Waals surface area (Å²) in [6, 6.07) is 2.05. The van der Waals surface area contributed by atoms with Crippen molar-refractivity contribution in [3.63, 3.8) is 0 Å². The van der Waals surface area contributed by atoms with Crippen LogP contribution in [-0.4, -0.2) is 41.5 Å². The molecule has 0 radical (unpaired) electrons. The van der Waals surface area contributed by atoms with Crippen LogP contribution in [0, 0.1) is 12.3 Å². The fourth-order valence-electron chi connectivity index (χ4n) is 2.58. The second kappa shape index (κ2) is 6.08. The summed E-state index contributed by atoms with van der Waals surface area (Å²) in [5.41, 5.74) is 1.42. The second-order valence-electron chi connectivity index (χ2n) is 6.87. The fourth-order valence-corrected chi connectivity index (χ4v) is 2.58. The third kappa shape index (κ3) is 3.92. The molecular weight excluding hydrogens is 248 g/mol. The van der Waals surface area contributed by atoms with Gasteiger partial charge in [-0.15, -0.1) is 0 Å². The maximum Gasteiger partial charge on any atom is 0.133 e. The van der Waals surface area contributed by atoms with E-state index in [1.165, 1.54) is 25.9 Å². The van der Waals surface area contributed by atoms with Crippen molar-refractivity contribution in [3.8, 4) is 0 Å². The van der Waals surface area contributed by atoms with Crippen molar-refractivity contribution in [2.45, 2.75) is 46.5 Å². The Kier molecular flexibility index (Phi) is 4.63. The van der Waals surface area contributed by atoms with Crippen molar-refractivity contribution < 1.29 is 0 Å². The highest BCUT2D eigenvalue weighted by Crippen LogP contribution is 2.30. The van der Waals surface area contributed by atoms with Gasteiger partial charge in [-0.1, -0.05) is 20.8 Å². The molecule has 0 saturated carbocycles. The van der Waals surface area contributed by atoms with Crippen LogP contribution in [0.2, 0.25) is 0 Å². The Bertz CT molecular complexity index is 448. The molecule has 0 bridgehead atoms. The number of aryl methyl sites for hydroxylation is 1. The van der Waals surface area contributed by atoms with E-state index in [4.69, 9.17) is 0 Å². The van der Waals surface area contributed by atoms with E-state index >= 15 is 0 Å². The van der Waals surface area contributed by atoms with Crippen molar-refractivity contribution >= 4 is 5.82 Å². The molecule has 0 amide bonds. The highest BCUT2D eigenvalue weighted by atomic mass is 15.1. The normalized spacial score (nSPS) is 19.3. The molecule has 1 aromatic heterocycles. The van der Waals surface area contributed by atoms with Gasteiger partial charge in [-0.3, -0.25) is 0 Å². The third-order valence-electron chi connectivity index (χ3n) is 4.28. The van der Waals surface area contributed by atoms with Crippen molar-refractivity contribution in [1.29, 1.82) is 0 Å². The SMILES string of the molecule is Cc1cc(NCC2(C)CCN(C)CC2)nc(C(C)C)n1. The lowest BCUT2D eigenvalue weighted by Gasteiger charge is -2.38. The minimum Gasteiger partial charge on any atom is -0.369 e. The van der Waals surface area contributed by atoms with Crippen molar-refractivity contribution in [2.24, 2.45) is 5.41 Å². The van der Waals surface area contributed by atoms with E-state index in [0.29, 0.717) is 11.3 Å². The number of anilines is 1. The molecule has 1 saturated heterocycles. The number of rotatable bonds is 4. The summed E-state index contributed by atoms with van der Waals surface area (Å²) in [5.74, 6) is 2.27. The van der Waals surface area contributed by atoms with Crippen LogP contribution in [0.1, 0.15) is 51.0 Å². The standard InChI is InChI=1S/C16H28N4/c1-12(2)15-18-13(3)10-14(19-15)17-11-16(4)6-8-20(5)9-7-16/h10,12H,6-9,11H2,1-5H3,(H,17,18,19). The van der Waals surface area contributed by atoms with Crippen molar-refractivity contribution in [2.75, 3.05) is 32.0 Å². The maximum absolute atomic E-state index is 4.63. The monoisotopic (exact) mass is 276 g/mol. The lowest BCUT2D eigenvalue weighted by molar-refractivity contribution is 0.150. The molecule has 0 atom stereocenters. The lowest BCUT2D eigenvalue weighted by Crippen LogP contribution is -2.40. The first kappa shape index (κ1) is 15.2. The Balaban J connectivity index is 2.00. The summed E-state index contributed by atoms with van der Waals surface area (Å²) in [6.45, 7) is 12.1. The van der Waals surface area contributed by atoms with Gasteiger partial charge in [0.1, 0.15) is 11.6 Å². The van der Waals surface area contributed by atoms with E-state index in [1.807, 2.05) is 13.0 Å². The van der Waals surface area contributed by atoms with Crippen molar-refractivity contribution in [3.05, 3.63) is 17.6 Å². The molecule has 1 N–H and O–H groups in total. The van der Waals surface area contributed by atoms with Gasteiger partial charge in [0.05, 0.1) is 0 Å². The zero-order chi connectivity index (χ0) is 14.8. The zero-order valence-electron chi connectivity index (χ0n) is 13.5. The number of aromatic nitrogens is 2.